The van der Waals surface area contributed by atoms with E-state index >= 15 is 0 Å². The van der Waals surface area contributed by atoms with Crippen LogP contribution in [0.4, 0.5) is 0 Å². The Morgan fingerprint density at radius 2 is 1.58 bits per heavy atom. The maximum atomic E-state index is 10.2. The van der Waals surface area contributed by atoms with Gasteiger partial charge in [-0.3, -0.25) is 0 Å². The third-order valence-corrected chi connectivity index (χ3v) is 1.02. The second-order valence-corrected chi connectivity index (χ2v) is 1.67. The number of carbonyl (C=O) groups is 1. The molecule has 0 unspecified atom stereocenters. The molecule has 62 valence electrons. The second kappa shape index (κ2) is 8.31. The molecule has 0 amide bonds. The summed E-state index contributed by atoms with van der Waals surface area (Å²) in [6.45, 7) is 0. The van der Waals surface area contributed by atoms with Gasteiger partial charge >= 0.3 is 24.8 Å². The number of rotatable bonds is 1. The number of hydrogen-bond acceptors (Lipinski definition) is 2. The zero-order chi connectivity index (χ0) is 6.69. The van der Waals surface area contributed by atoms with E-state index in [0.717, 1.165) is 0 Å². The average molecular weight is 164 g/mol. The number of aromatic carboxylic acids is 1. The molecule has 0 aliphatic rings. The Labute approximate surface area is 82.0 Å². The van der Waals surface area contributed by atoms with Crippen molar-refractivity contribution in [2.75, 3.05) is 0 Å². The first-order chi connectivity index (χ1) is 4.30. The Kier molecular flexibility index (Phi) is 12.0. The summed E-state index contributed by atoms with van der Waals surface area (Å²) >= 11 is 0. The molecule has 1 rings (SSSR count). The van der Waals surface area contributed by atoms with Gasteiger partial charge in [-0.05, 0) is 12.1 Å². The van der Waals surface area contributed by atoms with E-state index in [9.17, 15) is 4.79 Å². The Morgan fingerprint density at radius 3 is 1.83 bits per heavy atom. The summed E-state index contributed by atoms with van der Waals surface area (Å²) in [5, 5.41) is 8.38. The molecule has 12 heavy (non-hydrogen) atoms. The molecule has 0 radical (unpaired) electrons. The molecule has 0 saturated carbocycles. The van der Waals surface area contributed by atoms with Gasteiger partial charge in [0.2, 0.25) is 0 Å². The van der Waals surface area contributed by atoms with Crippen molar-refractivity contribution < 1.29 is 39.7 Å². The predicted molar refractivity (Wildman–Crippen MR) is 39.0 cm³/mol. The van der Waals surface area contributed by atoms with E-state index in [4.69, 9.17) is 5.11 Å². The van der Waals surface area contributed by atoms with Gasteiger partial charge in [0.05, 0.1) is 5.56 Å². The number of carboxylic acid groups (broad SMARTS) is 1. The summed E-state index contributed by atoms with van der Waals surface area (Å²) in [6.07, 6.45) is 0. The van der Waals surface area contributed by atoms with Crippen molar-refractivity contribution >= 4 is 5.97 Å². The molecular formula is C7H9LiO4. The molecular weight excluding hydrogens is 155 g/mol. The van der Waals surface area contributed by atoms with E-state index in [1.54, 1.807) is 30.3 Å². The largest absolute Gasteiger partial charge is 1.00 e. The topological polar surface area (TPSA) is 98.8 Å². The predicted octanol–water partition coefficient (Wildman–Crippen LogP) is -2.61. The van der Waals surface area contributed by atoms with Crippen molar-refractivity contribution in [3.8, 4) is 0 Å². The molecule has 5 heteroatoms. The normalized spacial score (nSPS) is 6.67. The average Bonchev–Trinajstić information content (AvgIpc) is 1.90. The Morgan fingerprint density at radius 1 is 1.17 bits per heavy atom. The zero-order valence-corrected chi connectivity index (χ0v) is 6.69. The number of benzene rings is 1. The minimum atomic E-state index is -0.879. The molecule has 1 aromatic rings. The van der Waals surface area contributed by atoms with Gasteiger partial charge in [0.25, 0.3) is 0 Å². The molecule has 0 aliphatic carbocycles. The third kappa shape index (κ3) is 4.94. The van der Waals surface area contributed by atoms with E-state index in [0.29, 0.717) is 5.56 Å². The molecule has 4 nitrogen and oxygen atoms in total. The molecule has 0 aliphatic heterocycles. The molecule has 0 bridgehead atoms. The first kappa shape index (κ1) is 17.3. The fourth-order valence-corrected chi connectivity index (χ4v) is 0.581. The van der Waals surface area contributed by atoms with Crippen molar-refractivity contribution in [1.82, 2.24) is 0 Å². The first-order valence-corrected chi connectivity index (χ1v) is 2.59. The third-order valence-electron chi connectivity index (χ3n) is 1.02. The molecule has 0 atom stereocenters. The van der Waals surface area contributed by atoms with Gasteiger partial charge in [-0.15, -0.1) is 0 Å². The van der Waals surface area contributed by atoms with E-state index in [1.807, 2.05) is 0 Å². The maximum absolute atomic E-state index is 10.2. The van der Waals surface area contributed by atoms with Crippen LogP contribution in [0.25, 0.3) is 0 Å². The van der Waals surface area contributed by atoms with Gasteiger partial charge < -0.3 is 16.1 Å². The van der Waals surface area contributed by atoms with Crippen molar-refractivity contribution in [2.45, 2.75) is 0 Å². The molecule has 4 N–H and O–H groups in total. The zero-order valence-electron chi connectivity index (χ0n) is 6.69. The first-order valence-electron chi connectivity index (χ1n) is 2.59. The summed E-state index contributed by atoms with van der Waals surface area (Å²) < 4.78 is 0. The second-order valence-electron chi connectivity index (χ2n) is 1.67. The van der Waals surface area contributed by atoms with E-state index < -0.39 is 5.97 Å². The molecule has 1 aromatic carbocycles. The van der Waals surface area contributed by atoms with Crippen molar-refractivity contribution in [3.63, 3.8) is 0 Å². The standard InChI is InChI=1S/C7H6O2.Li.2H2O/c8-7(9)6-4-2-1-3-5-6;;;/h1-5H,(H,8,9);;2*1H2/q;+1;;/p-1. The summed E-state index contributed by atoms with van der Waals surface area (Å²) in [6, 6.07) is 8.30. The minimum Gasteiger partial charge on any atom is -0.870 e. The summed E-state index contributed by atoms with van der Waals surface area (Å²) in [7, 11) is 0. The van der Waals surface area contributed by atoms with Crippen molar-refractivity contribution in [2.24, 2.45) is 0 Å². The molecule has 0 heterocycles. The minimum absolute atomic E-state index is 0. The molecule has 0 saturated heterocycles. The van der Waals surface area contributed by atoms with Gasteiger partial charge in [-0.2, -0.15) is 0 Å². The van der Waals surface area contributed by atoms with Crippen LogP contribution in [0, 0.1) is 0 Å². The number of hydrogen-bond donors (Lipinski definition) is 1. The maximum Gasteiger partial charge on any atom is 1.00 e. The Hall–Kier alpha value is -0.793. The van der Waals surface area contributed by atoms with Gasteiger partial charge in [0.15, 0.2) is 0 Å². The van der Waals surface area contributed by atoms with Gasteiger partial charge in [0.1, 0.15) is 0 Å². The molecule has 0 spiro atoms. The Balaban J connectivity index is -0.000000270. The fourth-order valence-electron chi connectivity index (χ4n) is 0.581. The van der Waals surface area contributed by atoms with Gasteiger partial charge in [-0.25, -0.2) is 4.79 Å². The quantitative estimate of drug-likeness (QED) is 0.460. The SMILES string of the molecule is O.O=C(O)c1ccccc1.[Li+].[OH-]. The smallest absolute Gasteiger partial charge is 0.870 e. The van der Waals surface area contributed by atoms with E-state index in [2.05, 4.69) is 0 Å². The van der Waals surface area contributed by atoms with Crippen molar-refractivity contribution in [3.05, 3.63) is 35.9 Å². The van der Waals surface area contributed by atoms with Crippen LogP contribution in [0.3, 0.4) is 0 Å². The van der Waals surface area contributed by atoms with E-state index in [-0.39, 0.29) is 29.8 Å². The number of carboxylic acids is 1. The molecule has 0 aromatic heterocycles. The summed E-state index contributed by atoms with van der Waals surface area (Å²) in [5.74, 6) is -0.879. The monoisotopic (exact) mass is 164 g/mol. The van der Waals surface area contributed by atoms with Crippen LogP contribution in [-0.2, 0) is 0 Å². The van der Waals surface area contributed by atoms with Gasteiger partial charge in [-0.1, -0.05) is 18.2 Å². The van der Waals surface area contributed by atoms with Gasteiger partial charge in [0, 0.05) is 0 Å². The van der Waals surface area contributed by atoms with Crippen LogP contribution in [-0.4, -0.2) is 22.0 Å². The van der Waals surface area contributed by atoms with Crippen LogP contribution >= 0.6 is 0 Å². The van der Waals surface area contributed by atoms with Crippen LogP contribution in [0.1, 0.15) is 10.4 Å². The summed E-state index contributed by atoms with van der Waals surface area (Å²) in [5.41, 5.74) is 0.331. The van der Waals surface area contributed by atoms with Crippen LogP contribution in [0.15, 0.2) is 30.3 Å². The van der Waals surface area contributed by atoms with E-state index in [1.165, 1.54) is 0 Å². The van der Waals surface area contributed by atoms with Crippen molar-refractivity contribution in [1.29, 1.82) is 0 Å². The Bertz CT molecular complexity index is 212. The fraction of sp³-hybridized carbons (Fsp3) is 0. The van der Waals surface area contributed by atoms with Crippen LogP contribution in [0.5, 0.6) is 0 Å². The molecule has 0 fully saturated rings. The van der Waals surface area contributed by atoms with Crippen LogP contribution in [0.2, 0.25) is 0 Å². The summed E-state index contributed by atoms with van der Waals surface area (Å²) in [4.78, 5) is 10.2. The van der Waals surface area contributed by atoms with Crippen LogP contribution < -0.4 is 18.9 Å².